The summed E-state index contributed by atoms with van der Waals surface area (Å²) in [6.45, 7) is 0. The van der Waals surface area contributed by atoms with E-state index < -0.39 is 17.2 Å². The molecular weight excluding hydrogens is 279 g/mol. The van der Waals surface area contributed by atoms with Gasteiger partial charge in [0.25, 0.3) is 0 Å². The Bertz CT molecular complexity index is 479. The molecule has 20 heavy (non-hydrogen) atoms. The fourth-order valence-electron chi connectivity index (χ4n) is 3.08. The lowest BCUT2D eigenvalue weighted by Gasteiger charge is -2.31. The fourth-order valence-corrected chi connectivity index (χ4v) is 3.24. The summed E-state index contributed by atoms with van der Waals surface area (Å²) in [6.07, 6.45) is 6.63. The molecule has 0 unspecified atom stereocenters. The third-order valence-electron chi connectivity index (χ3n) is 4.31. The predicted octanol–water partition coefficient (Wildman–Crippen LogP) is 4.84. The molecule has 0 aliphatic heterocycles. The minimum Gasteiger partial charge on any atom is -0.481 e. The first-order valence-electron chi connectivity index (χ1n) is 7.21. The van der Waals surface area contributed by atoms with Crippen molar-refractivity contribution in [3.05, 3.63) is 34.6 Å². The molecule has 0 heterocycles. The van der Waals surface area contributed by atoms with Crippen LogP contribution in [0.2, 0.25) is 5.02 Å². The van der Waals surface area contributed by atoms with Crippen molar-refractivity contribution in [2.24, 2.45) is 5.41 Å². The first-order valence-corrected chi connectivity index (χ1v) is 7.59. The van der Waals surface area contributed by atoms with Gasteiger partial charge in [0.1, 0.15) is 5.82 Å². The van der Waals surface area contributed by atoms with Gasteiger partial charge in [0, 0.05) is 5.02 Å². The average molecular weight is 299 g/mol. The maximum atomic E-state index is 13.9. The van der Waals surface area contributed by atoms with Crippen molar-refractivity contribution in [3.8, 4) is 0 Å². The smallest absolute Gasteiger partial charge is 0.309 e. The van der Waals surface area contributed by atoms with Crippen LogP contribution >= 0.6 is 11.6 Å². The van der Waals surface area contributed by atoms with Gasteiger partial charge in [-0.05, 0) is 37.0 Å². The second-order valence-electron chi connectivity index (χ2n) is 5.77. The Morgan fingerprint density at radius 2 is 1.80 bits per heavy atom. The highest BCUT2D eigenvalue weighted by molar-refractivity contribution is 6.30. The predicted molar refractivity (Wildman–Crippen MR) is 77.5 cm³/mol. The largest absolute Gasteiger partial charge is 0.481 e. The topological polar surface area (TPSA) is 37.3 Å². The van der Waals surface area contributed by atoms with Crippen LogP contribution in [0.1, 0.15) is 50.5 Å². The summed E-state index contributed by atoms with van der Waals surface area (Å²) in [5, 5.41) is 10.0. The monoisotopic (exact) mass is 298 g/mol. The van der Waals surface area contributed by atoms with Gasteiger partial charge in [0.15, 0.2) is 0 Å². The van der Waals surface area contributed by atoms with Crippen molar-refractivity contribution < 1.29 is 14.3 Å². The Morgan fingerprint density at radius 1 is 1.20 bits per heavy atom. The average Bonchev–Trinajstić information content (AvgIpc) is 2.35. The highest BCUT2D eigenvalue weighted by atomic mass is 35.5. The number of aliphatic carboxylic acids is 1. The van der Waals surface area contributed by atoms with Crippen molar-refractivity contribution >= 4 is 17.6 Å². The van der Waals surface area contributed by atoms with Crippen LogP contribution in [0.15, 0.2) is 18.2 Å². The summed E-state index contributed by atoms with van der Waals surface area (Å²) in [7, 11) is 0. The molecule has 1 aliphatic rings. The Morgan fingerprint density at radius 3 is 2.35 bits per heavy atom. The van der Waals surface area contributed by atoms with Crippen LogP contribution < -0.4 is 0 Å². The number of rotatable bonds is 3. The van der Waals surface area contributed by atoms with Gasteiger partial charge in [-0.2, -0.15) is 0 Å². The third kappa shape index (κ3) is 3.51. The standard InChI is InChI=1S/C16H20ClFO2/c17-13-7-6-12(14(18)10-13)11-16(15(19)20)8-4-2-1-3-5-9-16/h6-7,10H,1-5,8-9,11H2,(H,19,20). The van der Waals surface area contributed by atoms with E-state index in [9.17, 15) is 14.3 Å². The minimum atomic E-state index is -0.824. The maximum absolute atomic E-state index is 13.9. The maximum Gasteiger partial charge on any atom is 0.309 e. The first-order chi connectivity index (χ1) is 9.53. The van der Waals surface area contributed by atoms with Crippen LogP contribution in [-0.2, 0) is 11.2 Å². The molecule has 0 radical (unpaired) electrons. The Hall–Kier alpha value is -1.09. The number of benzene rings is 1. The van der Waals surface area contributed by atoms with Crippen molar-refractivity contribution in [1.82, 2.24) is 0 Å². The normalized spacial score (nSPS) is 19.1. The zero-order valence-corrected chi connectivity index (χ0v) is 12.3. The summed E-state index contributed by atoms with van der Waals surface area (Å²) >= 11 is 5.75. The van der Waals surface area contributed by atoms with Crippen LogP contribution in [0, 0.1) is 11.2 Å². The van der Waals surface area contributed by atoms with E-state index in [1.807, 2.05) is 0 Å². The molecule has 1 fully saturated rings. The fraction of sp³-hybridized carbons (Fsp3) is 0.562. The lowest BCUT2D eigenvalue weighted by atomic mass is 9.72. The van der Waals surface area contributed by atoms with Crippen LogP contribution in [0.5, 0.6) is 0 Å². The second-order valence-corrected chi connectivity index (χ2v) is 6.20. The third-order valence-corrected chi connectivity index (χ3v) is 4.54. The van der Waals surface area contributed by atoms with Crippen molar-refractivity contribution in [3.63, 3.8) is 0 Å². The van der Waals surface area contributed by atoms with Crippen LogP contribution in [-0.4, -0.2) is 11.1 Å². The van der Waals surface area contributed by atoms with Crippen LogP contribution in [0.4, 0.5) is 4.39 Å². The molecule has 2 nitrogen and oxygen atoms in total. The Kier molecular flexibility index (Phi) is 5.03. The van der Waals surface area contributed by atoms with E-state index >= 15 is 0 Å². The number of carboxylic acids is 1. The lowest BCUT2D eigenvalue weighted by molar-refractivity contribution is -0.150. The van der Waals surface area contributed by atoms with E-state index in [0.29, 0.717) is 23.4 Å². The number of carbonyl (C=O) groups is 1. The van der Waals surface area contributed by atoms with Gasteiger partial charge >= 0.3 is 5.97 Å². The summed E-state index contributed by atoms with van der Waals surface area (Å²) in [6, 6.07) is 4.49. The van der Waals surface area contributed by atoms with Crippen LogP contribution in [0.25, 0.3) is 0 Å². The van der Waals surface area contributed by atoms with Gasteiger partial charge in [-0.3, -0.25) is 4.79 Å². The van der Waals surface area contributed by atoms with Crippen molar-refractivity contribution in [2.75, 3.05) is 0 Å². The lowest BCUT2D eigenvalue weighted by Crippen LogP contribution is -2.34. The van der Waals surface area contributed by atoms with Gasteiger partial charge in [0.05, 0.1) is 5.41 Å². The van der Waals surface area contributed by atoms with Crippen molar-refractivity contribution in [1.29, 1.82) is 0 Å². The molecule has 1 saturated carbocycles. The molecule has 0 atom stereocenters. The molecule has 0 amide bonds. The van der Waals surface area contributed by atoms with Gasteiger partial charge < -0.3 is 5.11 Å². The van der Waals surface area contributed by atoms with Gasteiger partial charge in [-0.25, -0.2) is 4.39 Å². The minimum absolute atomic E-state index is 0.255. The Balaban J connectivity index is 2.25. The molecule has 2 rings (SSSR count). The molecule has 1 aliphatic carbocycles. The number of carboxylic acid groups (broad SMARTS) is 1. The zero-order valence-electron chi connectivity index (χ0n) is 11.5. The van der Waals surface area contributed by atoms with E-state index in [1.165, 1.54) is 12.5 Å². The summed E-state index contributed by atoms with van der Waals surface area (Å²) < 4.78 is 13.9. The number of hydrogen-bond donors (Lipinski definition) is 1. The number of halogens is 2. The SMILES string of the molecule is O=C(O)C1(Cc2ccc(Cl)cc2F)CCCCCCC1. The van der Waals surface area contributed by atoms with E-state index in [0.717, 1.165) is 25.7 Å². The molecule has 0 bridgehead atoms. The molecule has 4 heteroatoms. The highest BCUT2D eigenvalue weighted by Gasteiger charge is 2.38. The molecule has 1 N–H and O–H groups in total. The molecular formula is C16H20ClFO2. The van der Waals surface area contributed by atoms with E-state index in [2.05, 4.69) is 0 Å². The molecule has 0 aromatic heterocycles. The molecule has 0 spiro atoms. The van der Waals surface area contributed by atoms with Gasteiger partial charge in [-0.15, -0.1) is 0 Å². The molecule has 1 aromatic rings. The summed E-state index contributed by atoms with van der Waals surface area (Å²) in [5.41, 5.74) is -0.368. The number of hydrogen-bond acceptors (Lipinski definition) is 1. The van der Waals surface area contributed by atoms with E-state index in [4.69, 9.17) is 11.6 Å². The summed E-state index contributed by atoms with van der Waals surface area (Å²) in [5.74, 6) is -1.20. The van der Waals surface area contributed by atoms with Gasteiger partial charge in [0.2, 0.25) is 0 Å². The molecule has 1 aromatic carbocycles. The zero-order chi connectivity index (χ0) is 14.6. The van der Waals surface area contributed by atoms with E-state index in [-0.39, 0.29) is 6.42 Å². The molecule has 0 saturated heterocycles. The first kappa shape index (κ1) is 15.3. The summed E-state index contributed by atoms with van der Waals surface area (Å²) in [4.78, 5) is 11.8. The highest BCUT2D eigenvalue weighted by Crippen LogP contribution is 2.38. The molecule has 110 valence electrons. The Labute approximate surface area is 123 Å². The second kappa shape index (κ2) is 6.57. The quantitative estimate of drug-likeness (QED) is 0.867. The van der Waals surface area contributed by atoms with Crippen molar-refractivity contribution in [2.45, 2.75) is 51.4 Å². The van der Waals surface area contributed by atoms with Gasteiger partial charge in [-0.1, -0.05) is 49.8 Å². The van der Waals surface area contributed by atoms with Crippen LogP contribution in [0.3, 0.4) is 0 Å². The van der Waals surface area contributed by atoms with E-state index in [1.54, 1.807) is 12.1 Å².